The number of carbonyl (C=O) groups excluding carboxylic acids is 1. The molecule has 1 aliphatic carbocycles. The molecular formula is C18H19NOS. The van der Waals surface area contributed by atoms with Crippen LogP contribution in [0, 0.1) is 0 Å². The largest absolute Gasteiger partial charge is 0.331 e. The van der Waals surface area contributed by atoms with Gasteiger partial charge in [-0.3, -0.25) is 4.79 Å². The maximum absolute atomic E-state index is 12.9. The fourth-order valence-electron chi connectivity index (χ4n) is 3.66. The zero-order chi connectivity index (χ0) is 14.4. The third-order valence-corrected chi connectivity index (χ3v) is 5.88. The second kappa shape index (κ2) is 4.99. The third kappa shape index (κ3) is 2.11. The molecular weight excluding hydrogens is 278 g/mol. The number of benzene rings is 1. The lowest BCUT2D eigenvalue weighted by Crippen LogP contribution is -2.38. The molecule has 0 bridgehead atoms. The van der Waals surface area contributed by atoms with E-state index in [0.29, 0.717) is 0 Å². The number of nitrogens with zero attached hydrogens (tertiary/aromatic N) is 1. The normalized spacial score (nSPS) is 20.2. The lowest BCUT2D eigenvalue weighted by molar-refractivity contribution is 0.0679. The van der Waals surface area contributed by atoms with E-state index >= 15 is 0 Å². The Morgan fingerprint density at radius 3 is 2.95 bits per heavy atom. The predicted molar refractivity (Wildman–Crippen MR) is 85.9 cm³/mol. The highest BCUT2D eigenvalue weighted by Crippen LogP contribution is 2.34. The number of hydrogen-bond donors (Lipinski definition) is 0. The standard InChI is InChI=1S/C18H19NOS/c1-12-16-8-10-21-17(16)7-9-19(12)18(20)15-6-5-13-3-2-4-14(13)11-15/h5-6,8,10-12H,2-4,7,9H2,1H3/t12-/m1/s1. The Balaban J connectivity index is 1.63. The van der Waals surface area contributed by atoms with E-state index in [-0.39, 0.29) is 11.9 Å². The van der Waals surface area contributed by atoms with Crippen molar-refractivity contribution in [2.24, 2.45) is 0 Å². The highest BCUT2D eigenvalue weighted by molar-refractivity contribution is 7.10. The molecule has 0 spiro atoms. The minimum Gasteiger partial charge on any atom is -0.331 e. The first-order chi connectivity index (χ1) is 10.2. The van der Waals surface area contributed by atoms with E-state index in [1.54, 1.807) is 0 Å². The van der Waals surface area contributed by atoms with Crippen LogP contribution in [0.5, 0.6) is 0 Å². The minimum atomic E-state index is 0.189. The van der Waals surface area contributed by atoms with Gasteiger partial charge < -0.3 is 4.90 Å². The predicted octanol–water partition coefficient (Wildman–Crippen LogP) is 4.00. The van der Waals surface area contributed by atoms with Crippen LogP contribution >= 0.6 is 11.3 Å². The first-order valence-corrected chi connectivity index (χ1v) is 8.61. The van der Waals surface area contributed by atoms with E-state index in [4.69, 9.17) is 0 Å². The van der Waals surface area contributed by atoms with Gasteiger partial charge in [0.25, 0.3) is 5.91 Å². The second-order valence-corrected chi connectivity index (χ2v) is 7.06. The van der Waals surface area contributed by atoms with Gasteiger partial charge in [0.1, 0.15) is 0 Å². The number of thiophene rings is 1. The molecule has 3 heteroatoms. The molecule has 2 nitrogen and oxygen atoms in total. The molecule has 1 aliphatic heterocycles. The van der Waals surface area contributed by atoms with Crippen LogP contribution in [0.3, 0.4) is 0 Å². The lowest BCUT2D eigenvalue weighted by Gasteiger charge is -2.33. The molecule has 2 aliphatic rings. The average Bonchev–Trinajstić information content (AvgIpc) is 3.15. The Labute approximate surface area is 129 Å². The van der Waals surface area contributed by atoms with Gasteiger partial charge in [0, 0.05) is 17.0 Å². The van der Waals surface area contributed by atoms with Crippen LogP contribution in [0.25, 0.3) is 0 Å². The fourth-order valence-corrected chi connectivity index (χ4v) is 4.62. The van der Waals surface area contributed by atoms with E-state index in [9.17, 15) is 4.79 Å². The van der Waals surface area contributed by atoms with Crippen molar-refractivity contribution >= 4 is 17.2 Å². The van der Waals surface area contributed by atoms with E-state index in [2.05, 4.69) is 30.5 Å². The monoisotopic (exact) mass is 297 g/mol. The van der Waals surface area contributed by atoms with Crippen molar-refractivity contribution in [1.29, 1.82) is 0 Å². The molecule has 1 atom stereocenters. The van der Waals surface area contributed by atoms with Crippen molar-refractivity contribution in [1.82, 2.24) is 4.90 Å². The van der Waals surface area contributed by atoms with Crippen LogP contribution in [0.1, 0.15) is 51.3 Å². The molecule has 0 unspecified atom stereocenters. The van der Waals surface area contributed by atoms with Crippen LogP contribution in [0.2, 0.25) is 0 Å². The van der Waals surface area contributed by atoms with Crippen molar-refractivity contribution in [3.8, 4) is 0 Å². The number of amides is 1. The molecule has 2 aromatic rings. The SMILES string of the molecule is C[C@@H]1c2ccsc2CCN1C(=O)c1ccc2c(c1)CCC2. The molecule has 0 saturated carbocycles. The van der Waals surface area contributed by atoms with E-state index in [1.807, 2.05) is 22.3 Å². The van der Waals surface area contributed by atoms with Crippen LogP contribution in [0.15, 0.2) is 29.6 Å². The molecule has 108 valence electrons. The number of rotatable bonds is 1. The molecule has 2 heterocycles. The third-order valence-electron chi connectivity index (χ3n) is 4.88. The summed E-state index contributed by atoms with van der Waals surface area (Å²) in [6, 6.07) is 8.66. The van der Waals surface area contributed by atoms with Crippen molar-refractivity contribution in [2.45, 2.75) is 38.6 Å². The zero-order valence-corrected chi connectivity index (χ0v) is 13.1. The molecule has 1 amide bonds. The molecule has 0 N–H and O–H groups in total. The van der Waals surface area contributed by atoms with Gasteiger partial charge in [0.15, 0.2) is 0 Å². The van der Waals surface area contributed by atoms with Gasteiger partial charge in [0.05, 0.1) is 6.04 Å². The summed E-state index contributed by atoms with van der Waals surface area (Å²) in [5.41, 5.74) is 5.00. The summed E-state index contributed by atoms with van der Waals surface area (Å²) in [5, 5.41) is 2.14. The molecule has 21 heavy (non-hydrogen) atoms. The van der Waals surface area contributed by atoms with Crippen LogP contribution in [-0.4, -0.2) is 17.4 Å². The number of fused-ring (bicyclic) bond motifs is 2. The number of carbonyl (C=O) groups is 1. The van der Waals surface area contributed by atoms with E-state index in [1.165, 1.54) is 34.4 Å². The Morgan fingerprint density at radius 2 is 2.05 bits per heavy atom. The van der Waals surface area contributed by atoms with Gasteiger partial charge in [-0.25, -0.2) is 0 Å². The molecule has 1 aromatic heterocycles. The molecule has 0 saturated heterocycles. The Bertz CT molecular complexity index is 703. The Morgan fingerprint density at radius 1 is 1.19 bits per heavy atom. The lowest BCUT2D eigenvalue weighted by atomic mass is 9.99. The van der Waals surface area contributed by atoms with Gasteiger partial charge in [-0.2, -0.15) is 0 Å². The smallest absolute Gasteiger partial charge is 0.254 e. The minimum absolute atomic E-state index is 0.189. The fraction of sp³-hybridized carbons (Fsp3) is 0.389. The zero-order valence-electron chi connectivity index (χ0n) is 12.3. The van der Waals surface area contributed by atoms with Gasteiger partial charge >= 0.3 is 0 Å². The van der Waals surface area contributed by atoms with Crippen LogP contribution in [0.4, 0.5) is 0 Å². The summed E-state index contributed by atoms with van der Waals surface area (Å²) < 4.78 is 0. The maximum atomic E-state index is 12.9. The topological polar surface area (TPSA) is 20.3 Å². The maximum Gasteiger partial charge on any atom is 0.254 e. The summed E-state index contributed by atoms with van der Waals surface area (Å²) in [6.45, 7) is 2.99. The highest BCUT2D eigenvalue weighted by atomic mass is 32.1. The van der Waals surface area contributed by atoms with E-state index < -0.39 is 0 Å². The first kappa shape index (κ1) is 13.1. The Kier molecular flexibility index (Phi) is 3.11. The molecule has 4 rings (SSSR count). The van der Waals surface area contributed by atoms with E-state index in [0.717, 1.165) is 24.9 Å². The summed E-state index contributed by atoms with van der Waals surface area (Å²) >= 11 is 1.82. The quantitative estimate of drug-likeness (QED) is 0.779. The second-order valence-electron chi connectivity index (χ2n) is 6.06. The van der Waals surface area contributed by atoms with Crippen molar-refractivity contribution in [2.75, 3.05) is 6.54 Å². The Hall–Kier alpha value is -1.61. The number of hydrogen-bond acceptors (Lipinski definition) is 2. The molecule has 1 aromatic carbocycles. The first-order valence-electron chi connectivity index (χ1n) is 7.73. The summed E-state index contributed by atoms with van der Waals surface area (Å²) in [6.07, 6.45) is 4.52. The highest BCUT2D eigenvalue weighted by Gasteiger charge is 2.29. The van der Waals surface area contributed by atoms with Crippen molar-refractivity contribution in [3.63, 3.8) is 0 Å². The van der Waals surface area contributed by atoms with Gasteiger partial charge in [-0.1, -0.05) is 6.07 Å². The van der Waals surface area contributed by atoms with Gasteiger partial charge in [-0.15, -0.1) is 11.3 Å². The molecule has 0 fully saturated rings. The van der Waals surface area contributed by atoms with Crippen molar-refractivity contribution < 1.29 is 4.79 Å². The molecule has 0 radical (unpaired) electrons. The van der Waals surface area contributed by atoms with Gasteiger partial charge in [0.2, 0.25) is 0 Å². The summed E-state index contributed by atoms with van der Waals surface area (Å²) in [4.78, 5) is 16.3. The van der Waals surface area contributed by atoms with Crippen molar-refractivity contribution in [3.05, 3.63) is 56.8 Å². The number of aryl methyl sites for hydroxylation is 2. The van der Waals surface area contributed by atoms with Gasteiger partial charge in [-0.05, 0) is 72.9 Å². The summed E-state index contributed by atoms with van der Waals surface area (Å²) in [7, 11) is 0. The van der Waals surface area contributed by atoms with Crippen LogP contribution < -0.4 is 0 Å². The average molecular weight is 297 g/mol. The van der Waals surface area contributed by atoms with Crippen LogP contribution in [-0.2, 0) is 19.3 Å². The summed E-state index contributed by atoms with van der Waals surface area (Å²) in [5.74, 6) is 0.189.